The molecule has 25 heavy (non-hydrogen) atoms. The average Bonchev–Trinajstić information content (AvgIpc) is 3.37. The number of H-pyrrole nitrogens is 1. The van der Waals surface area contributed by atoms with E-state index >= 15 is 0 Å². The van der Waals surface area contributed by atoms with Gasteiger partial charge in [0.05, 0.1) is 16.9 Å². The number of fused-ring (bicyclic) bond motifs is 1. The number of rotatable bonds is 4. The second-order valence-corrected chi connectivity index (χ2v) is 6.14. The smallest absolute Gasteiger partial charge is 0.227 e. The zero-order valence-electron chi connectivity index (χ0n) is 13.2. The third kappa shape index (κ3) is 3.28. The monoisotopic (exact) mass is 339 g/mol. The summed E-state index contributed by atoms with van der Waals surface area (Å²) in [4.78, 5) is 11.9. The van der Waals surface area contributed by atoms with Crippen LogP contribution in [0, 0.1) is 17.6 Å². The predicted octanol–water partition coefficient (Wildman–Crippen LogP) is 4.36. The number of hydrogen-bond acceptors (Lipinski definition) is 2. The topological polar surface area (TPSA) is 57.8 Å². The van der Waals surface area contributed by atoms with Crippen LogP contribution in [0.4, 0.5) is 14.5 Å². The van der Waals surface area contributed by atoms with Crippen molar-refractivity contribution in [1.29, 1.82) is 0 Å². The number of nitrogens with one attached hydrogen (secondary N) is 2. The summed E-state index contributed by atoms with van der Waals surface area (Å²) < 4.78 is 27.4. The number of amides is 1. The number of aromatic amines is 1. The van der Waals surface area contributed by atoms with E-state index in [1.165, 1.54) is 18.2 Å². The Bertz CT molecular complexity index is 989. The number of hydrogen-bond donors (Lipinski definition) is 2. The van der Waals surface area contributed by atoms with Gasteiger partial charge in [0.1, 0.15) is 11.6 Å². The van der Waals surface area contributed by atoms with E-state index in [2.05, 4.69) is 15.5 Å². The molecule has 0 unspecified atom stereocenters. The van der Waals surface area contributed by atoms with Gasteiger partial charge in [0.25, 0.3) is 0 Å². The third-order valence-electron chi connectivity index (χ3n) is 4.17. The first-order chi connectivity index (χ1) is 12.1. The lowest BCUT2D eigenvalue weighted by Crippen LogP contribution is -2.14. The molecule has 2 N–H and O–H groups in total. The normalized spacial score (nSPS) is 14.3. The van der Waals surface area contributed by atoms with Gasteiger partial charge in [0.2, 0.25) is 5.91 Å². The first kappa shape index (κ1) is 15.5. The largest absolute Gasteiger partial charge is 0.323 e. The number of carbonyl (C=O) groups is 1. The fourth-order valence-corrected chi connectivity index (χ4v) is 2.65. The molecular formula is C19H15F2N3O. The Balaban J connectivity index is 1.66. The van der Waals surface area contributed by atoms with Gasteiger partial charge in [-0.25, -0.2) is 8.78 Å². The van der Waals surface area contributed by atoms with Gasteiger partial charge < -0.3 is 5.32 Å². The molecule has 2 aromatic carbocycles. The van der Waals surface area contributed by atoms with E-state index in [0.29, 0.717) is 22.2 Å². The highest BCUT2D eigenvalue weighted by Crippen LogP contribution is 2.31. The Morgan fingerprint density at radius 1 is 1.20 bits per heavy atom. The molecule has 1 aliphatic rings. The maximum atomic E-state index is 14.1. The lowest BCUT2D eigenvalue weighted by molar-refractivity contribution is -0.117. The molecule has 1 amide bonds. The minimum atomic E-state index is -0.509. The highest BCUT2D eigenvalue weighted by molar-refractivity contribution is 5.98. The summed E-state index contributed by atoms with van der Waals surface area (Å²) in [5.41, 5.74) is 1.95. The number of anilines is 1. The number of nitrogens with zero attached hydrogens (tertiary/aromatic N) is 1. The van der Waals surface area contributed by atoms with E-state index in [1.54, 1.807) is 30.4 Å². The third-order valence-corrected chi connectivity index (χ3v) is 4.17. The molecule has 4 rings (SSSR count). The zero-order valence-corrected chi connectivity index (χ0v) is 13.2. The Hall–Kier alpha value is -3.02. The highest BCUT2D eigenvalue weighted by atomic mass is 19.1. The molecule has 4 nitrogen and oxygen atoms in total. The predicted molar refractivity (Wildman–Crippen MR) is 92.7 cm³/mol. The van der Waals surface area contributed by atoms with Gasteiger partial charge in [0, 0.05) is 17.4 Å². The van der Waals surface area contributed by atoms with E-state index in [0.717, 1.165) is 12.8 Å². The molecule has 0 atom stereocenters. The Labute approximate surface area is 142 Å². The van der Waals surface area contributed by atoms with Crippen LogP contribution < -0.4 is 5.32 Å². The van der Waals surface area contributed by atoms with Crippen LogP contribution in [0.15, 0.2) is 36.4 Å². The second kappa shape index (κ2) is 6.12. The van der Waals surface area contributed by atoms with Crippen molar-refractivity contribution in [2.45, 2.75) is 12.8 Å². The minimum absolute atomic E-state index is 0.00760. The van der Waals surface area contributed by atoms with Gasteiger partial charge in [0.15, 0.2) is 0 Å². The van der Waals surface area contributed by atoms with Crippen LogP contribution in [0.1, 0.15) is 24.1 Å². The first-order valence-electron chi connectivity index (χ1n) is 8.02. The van der Waals surface area contributed by atoms with Crippen LogP contribution in [-0.2, 0) is 4.79 Å². The maximum Gasteiger partial charge on any atom is 0.227 e. The number of carbonyl (C=O) groups excluding carboxylic acids is 1. The van der Waals surface area contributed by atoms with Gasteiger partial charge >= 0.3 is 0 Å². The van der Waals surface area contributed by atoms with Crippen LogP contribution >= 0.6 is 0 Å². The molecule has 0 saturated heterocycles. The van der Waals surface area contributed by atoms with Crippen LogP contribution in [0.2, 0.25) is 0 Å². The van der Waals surface area contributed by atoms with E-state index < -0.39 is 5.82 Å². The molecule has 0 spiro atoms. The molecule has 3 aromatic rings. The lowest BCUT2D eigenvalue weighted by atomic mass is 10.1. The molecule has 1 aromatic heterocycles. The van der Waals surface area contributed by atoms with E-state index in [1.807, 2.05) is 0 Å². The fraction of sp³-hybridized carbons (Fsp3) is 0.158. The molecule has 1 aliphatic carbocycles. The molecule has 1 saturated carbocycles. The van der Waals surface area contributed by atoms with E-state index in [4.69, 9.17) is 0 Å². The number of benzene rings is 2. The summed E-state index contributed by atoms with van der Waals surface area (Å²) >= 11 is 0. The quantitative estimate of drug-likeness (QED) is 0.742. The van der Waals surface area contributed by atoms with Crippen molar-refractivity contribution >= 4 is 34.6 Å². The van der Waals surface area contributed by atoms with Crippen molar-refractivity contribution in [3.63, 3.8) is 0 Å². The average molecular weight is 339 g/mol. The van der Waals surface area contributed by atoms with Gasteiger partial charge in [-0.1, -0.05) is 18.2 Å². The van der Waals surface area contributed by atoms with Crippen LogP contribution in [0.5, 0.6) is 0 Å². The second-order valence-electron chi connectivity index (χ2n) is 6.14. The van der Waals surface area contributed by atoms with Crippen LogP contribution in [0.25, 0.3) is 23.1 Å². The van der Waals surface area contributed by atoms with Crippen molar-refractivity contribution in [2.75, 3.05) is 5.32 Å². The molecule has 0 aliphatic heterocycles. The van der Waals surface area contributed by atoms with Gasteiger partial charge in [-0.2, -0.15) is 5.10 Å². The fourth-order valence-electron chi connectivity index (χ4n) is 2.65. The van der Waals surface area contributed by atoms with Crippen LogP contribution in [0.3, 0.4) is 0 Å². The standard InChI is InChI=1S/C19H15F2N3O/c20-13-3-1-2-11(8-13)4-7-16-14-9-18(22-19(25)12-5-6-12)15(21)10-17(14)24-23-16/h1-4,7-10,12H,5-6H2,(H,22,25)(H,23,24). The minimum Gasteiger partial charge on any atom is -0.323 e. The maximum absolute atomic E-state index is 14.1. The summed E-state index contributed by atoms with van der Waals surface area (Å²) in [6, 6.07) is 9.06. The Kier molecular flexibility index (Phi) is 3.80. The van der Waals surface area contributed by atoms with Crippen molar-refractivity contribution in [2.24, 2.45) is 5.92 Å². The molecule has 0 radical (unpaired) electrons. The zero-order chi connectivity index (χ0) is 17.4. The van der Waals surface area contributed by atoms with Crippen molar-refractivity contribution in [1.82, 2.24) is 10.2 Å². The van der Waals surface area contributed by atoms with Crippen LogP contribution in [-0.4, -0.2) is 16.1 Å². The number of halogens is 2. The SMILES string of the molecule is O=C(Nc1cc2c(C=Cc3cccc(F)c3)n[nH]c2cc1F)C1CC1. The van der Waals surface area contributed by atoms with E-state index in [-0.39, 0.29) is 23.3 Å². The van der Waals surface area contributed by atoms with Crippen molar-refractivity contribution in [3.8, 4) is 0 Å². The van der Waals surface area contributed by atoms with Crippen molar-refractivity contribution in [3.05, 3.63) is 59.3 Å². The molecular weight excluding hydrogens is 324 g/mol. The molecule has 1 fully saturated rings. The molecule has 6 heteroatoms. The van der Waals surface area contributed by atoms with Crippen molar-refractivity contribution < 1.29 is 13.6 Å². The molecule has 0 bridgehead atoms. The molecule has 1 heterocycles. The highest BCUT2D eigenvalue weighted by Gasteiger charge is 2.30. The van der Waals surface area contributed by atoms with Gasteiger partial charge in [-0.15, -0.1) is 0 Å². The summed E-state index contributed by atoms with van der Waals surface area (Å²) in [5.74, 6) is -0.989. The lowest BCUT2D eigenvalue weighted by Gasteiger charge is -2.06. The molecule has 126 valence electrons. The van der Waals surface area contributed by atoms with E-state index in [9.17, 15) is 13.6 Å². The summed E-state index contributed by atoms with van der Waals surface area (Å²) in [7, 11) is 0. The first-order valence-corrected chi connectivity index (χ1v) is 8.02. The summed E-state index contributed by atoms with van der Waals surface area (Å²) in [6.45, 7) is 0. The van der Waals surface area contributed by atoms with Gasteiger partial charge in [-0.05, 0) is 42.7 Å². The Morgan fingerprint density at radius 2 is 2.04 bits per heavy atom. The summed E-state index contributed by atoms with van der Waals surface area (Å²) in [6.07, 6.45) is 5.15. The summed E-state index contributed by atoms with van der Waals surface area (Å²) in [5, 5.41) is 10.2. The number of aromatic nitrogens is 2. The van der Waals surface area contributed by atoms with Gasteiger partial charge in [-0.3, -0.25) is 9.89 Å². The Morgan fingerprint density at radius 3 is 2.80 bits per heavy atom.